The third-order valence-electron chi connectivity index (χ3n) is 3.98. The summed E-state index contributed by atoms with van der Waals surface area (Å²) in [6.45, 7) is 3.89. The molecular weight excluding hydrogens is 352 g/mol. The maximum absolute atomic E-state index is 12.6. The molecule has 0 amide bonds. The summed E-state index contributed by atoms with van der Waals surface area (Å²) in [5.74, 6) is 0.0161. The second-order valence-electron chi connectivity index (χ2n) is 6.25. The van der Waals surface area contributed by atoms with Gasteiger partial charge < -0.3 is 9.15 Å². The van der Waals surface area contributed by atoms with Crippen LogP contribution in [0.25, 0.3) is 11.5 Å². The van der Waals surface area contributed by atoms with Gasteiger partial charge in [-0.1, -0.05) is 55.8 Å². The molecule has 0 saturated carbocycles. The number of nitrogens with zero attached hydrogens (tertiary/aromatic N) is 2. The van der Waals surface area contributed by atoms with Crippen LogP contribution in [0.5, 0.6) is 0 Å². The lowest BCUT2D eigenvalue weighted by Gasteiger charge is -2.19. The van der Waals surface area contributed by atoms with E-state index in [-0.39, 0.29) is 30.3 Å². The Morgan fingerprint density at radius 1 is 1.08 bits per heavy atom. The number of carbonyl (C=O) groups is 1. The number of hydrogen-bond acceptors (Lipinski definition) is 5. The first kappa shape index (κ1) is 18.1. The molecular formula is C20H19ClN2O3. The molecule has 0 aliphatic carbocycles. The van der Waals surface area contributed by atoms with Gasteiger partial charge in [0.1, 0.15) is 0 Å². The summed E-state index contributed by atoms with van der Waals surface area (Å²) in [6, 6.07) is 16.6. The first-order chi connectivity index (χ1) is 12.5. The highest BCUT2D eigenvalue weighted by molar-refractivity contribution is 6.30. The van der Waals surface area contributed by atoms with Crippen molar-refractivity contribution in [1.29, 1.82) is 0 Å². The van der Waals surface area contributed by atoms with Crippen LogP contribution in [0.2, 0.25) is 5.02 Å². The van der Waals surface area contributed by atoms with Crippen molar-refractivity contribution in [3.05, 3.63) is 71.1 Å². The van der Waals surface area contributed by atoms with Crippen LogP contribution >= 0.6 is 11.6 Å². The Labute approximate surface area is 157 Å². The lowest BCUT2D eigenvalue weighted by atomic mass is 9.88. The molecule has 134 valence electrons. The quantitative estimate of drug-likeness (QED) is 0.579. The predicted molar refractivity (Wildman–Crippen MR) is 98.6 cm³/mol. The van der Waals surface area contributed by atoms with Crippen molar-refractivity contribution >= 4 is 17.6 Å². The van der Waals surface area contributed by atoms with Gasteiger partial charge in [0.2, 0.25) is 5.89 Å². The number of rotatable bonds is 6. The molecule has 1 aromatic heterocycles. The molecule has 0 fully saturated rings. The van der Waals surface area contributed by atoms with Crippen LogP contribution in [0.4, 0.5) is 0 Å². The Kier molecular flexibility index (Phi) is 5.68. The minimum absolute atomic E-state index is 0.0600. The summed E-state index contributed by atoms with van der Waals surface area (Å²) in [5, 5.41) is 8.56. The molecule has 6 heteroatoms. The van der Waals surface area contributed by atoms with Crippen molar-refractivity contribution in [3.8, 4) is 11.5 Å². The highest BCUT2D eigenvalue weighted by Crippen LogP contribution is 2.27. The molecule has 0 unspecified atom stereocenters. The van der Waals surface area contributed by atoms with Gasteiger partial charge in [0.25, 0.3) is 5.89 Å². The zero-order chi connectivity index (χ0) is 18.5. The van der Waals surface area contributed by atoms with E-state index in [1.54, 1.807) is 12.1 Å². The first-order valence-electron chi connectivity index (χ1n) is 8.34. The Morgan fingerprint density at radius 2 is 1.77 bits per heavy atom. The van der Waals surface area contributed by atoms with Crippen molar-refractivity contribution < 1.29 is 13.9 Å². The molecule has 0 N–H and O–H groups in total. The lowest BCUT2D eigenvalue weighted by molar-refractivity contribution is -0.148. The van der Waals surface area contributed by atoms with Crippen molar-refractivity contribution in [2.75, 3.05) is 0 Å². The fourth-order valence-electron chi connectivity index (χ4n) is 2.70. The summed E-state index contributed by atoms with van der Waals surface area (Å²) < 4.78 is 11.0. The fraction of sp³-hybridized carbons (Fsp3) is 0.250. The molecule has 3 aromatic rings. The molecule has 26 heavy (non-hydrogen) atoms. The molecule has 3 rings (SSSR count). The highest BCUT2D eigenvalue weighted by Gasteiger charge is 2.26. The van der Waals surface area contributed by atoms with Crippen molar-refractivity contribution in [1.82, 2.24) is 10.2 Å². The third kappa shape index (κ3) is 4.29. The minimum Gasteiger partial charge on any atom is -0.455 e. The molecule has 0 aliphatic rings. The number of ether oxygens (including phenoxy) is 1. The van der Waals surface area contributed by atoms with Crippen molar-refractivity contribution in [2.45, 2.75) is 26.4 Å². The Morgan fingerprint density at radius 3 is 2.42 bits per heavy atom. The zero-order valence-corrected chi connectivity index (χ0v) is 15.3. The largest absolute Gasteiger partial charge is 0.455 e. The lowest BCUT2D eigenvalue weighted by Crippen LogP contribution is -2.20. The average molecular weight is 371 g/mol. The van der Waals surface area contributed by atoms with Crippen molar-refractivity contribution in [2.24, 2.45) is 5.92 Å². The molecule has 0 spiro atoms. The second-order valence-corrected chi connectivity index (χ2v) is 6.68. The molecule has 0 saturated heterocycles. The number of benzene rings is 2. The summed E-state index contributed by atoms with van der Waals surface area (Å²) >= 11 is 5.93. The van der Waals surface area contributed by atoms with E-state index in [2.05, 4.69) is 10.2 Å². The molecule has 1 atom stereocenters. The fourth-order valence-corrected chi connectivity index (χ4v) is 2.82. The Hall–Kier alpha value is -2.66. The minimum atomic E-state index is -0.385. The number of aromatic nitrogens is 2. The van der Waals surface area contributed by atoms with E-state index in [1.165, 1.54) is 0 Å². The molecule has 0 aliphatic heterocycles. The Balaban J connectivity index is 1.67. The Bertz CT molecular complexity index is 860. The number of carbonyl (C=O) groups excluding carboxylic acids is 1. The van der Waals surface area contributed by atoms with Crippen LogP contribution in [-0.4, -0.2) is 16.2 Å². The van der Waals surface area contributed by atoms with Gasteiger partial charge in [-0.2, -0.15) is 0 Å². The maximum Gasteiger partial charge on any atom is 0.314 e. The van der Waals surface area contributed by atoms with Crippen LogP contribution in [0.3, 0.4) is 0 Å². The highest BCUT2D eigenvalue weighted by atomic mass is 35.5. The maximum atomic E-state index is 12.6. The van der Waals surface area contributed by atoms with Gasteiger partial charge in [0, 0.05) is 10.6 Å². The smallest absolute Gasteiger partial charge is 0.314 e. The van der Waals surface area contributed by atoms with Gasteiger partial charge in [-0.15, -0.1) is 10.2 Å². The average Bonchev–Trinajstić information content (AvgIpc) is 3.11. The van der Waals surface area contributed by atoms with E-state index < -0.39 is 0 Å². The van der Waals surface area contributed by atoms with Crippen LogP contribution in [0, 0.1) is 5.92 Å². The number of esters is 1. The van der Waals surface area contributed by atoms with Crippen LogP contribution in [0.15, 0.2) is 59.0 Å². The van der Waals surface area contributed by atoms with Gasteiger partial charge in [0.05, 0.1) is 5.92 Å². The number of halogens is 1. The topological polar surface area (TPSA) is 65.2 Å². The van der Waals surface area contributed by atoms with Crippen molar-refractivity contribution in [3.63, 3.8) is 0 Å². The van der Waals surface area contributed by atoms with E-state index >= 15 is 0 Å². The normalized spacial score (nSPS) is 12.2. The van der Waals surface area contributed by atoms with E-state index in [4.69, 9.17) is 20.8 Å². The third-order valence-corrected chi connectivity index (χ3v) is 4.23. The molecule has 1 heterocycles. The van der Waals surface area contributed by atoms with Gasteiger partial charge in [-0.05, 0) is 35.7 Å². The van der Waals surface area contributed by atoms with Crippen LogP contribution in [-0.2, 0) is 16.1 Å². The van der Waals surface area contributed by atoms with Crippen LogP contribution in [0.1, 0.15) is 31.2 Å². The van der Waals surface area contributed by atoms with E-state index in [9.17, 15) is 4.79 Å². The van der Waals surface area contributed by atoms with Crippen LogP contribution < -0.4 is 0 Å². The SMILES string of the molecule is CC(C)[C@@H](C(=O)OCc1nnc(-c2ccccc2)o1)c1ccc(Cl)cc1. The second kappa shape index (κ2) is 8.15. The molecule has 0 radical (unpaired) electrons. The number of hydrogen-bond donors (Lipinski definition) is 0. The monoisotopic (exact) mass is 370 g/mol. The standard InChI is InChI=1S/C20H19ClN2O3/c1-13(2)18(14-8-10-16(21)11-9-14)20(24)25-12-17-22-23-19(26-17)15-6-4-3-5-7-15/h3-11,13,18H,12H2,1-2H3/t18-/m1/s1. The van der Waals surface area contributed by atoms with Gasteiger partial charge in [-0.3, -0.25) is 4.79 Å². The summed E-state index contributed by atoms with van der Waals surface area (Å²) in [6.07, 6.45) is 0. The molecule has 2 aromatic carbocycles. The van der Waals surface area contributed by atoms with E-state index in [1.807, 2.05) is 56.3 Å². The van der Waals surface area contributed by atoms with E-state index in [0.717, 1.165) is 11.1 Å². The van der Waals surface area contributed by atoms with Gasteiger partial charge in [-0.25, -0.2) is 0 Å². The predicted octanol–water partition coefficient (Wildman–Crippen LogP) is 4.87. The first-order valence-corrected chi connectivity index (χ1v) is 8.72. The zero-order valence-electron chi connectivity index (χ0n) is 14.6. The summed E-state index contributed by atoms with van der Waals surface area (Å²) in [5.41, 5.74) is 1.68. The summed E-state index contributed by atoms with van der Waals surface area (Å²) in [4.78, 5) is 12.6. The summed E-state index contributed by atoms with van der Waals surface area (Å²) in [7, 11) is 0. The van der Waals surface area contributed by atoms with Gasteiger partial charge in [0.15, 0.2) is 6.61 Å². The van der Waals surface area contributed by atoms with Gasteiger partial charge >= 0.3 is 5.97 Å². The molecule has 0 bridgehead atoms. The van der Waals surface area contributed by atoms with E-state index in [0.29, 0.717) is 10.9 Å². The molecule has 5 nitrogen and oxygen atoms in total.